The lowest BCUT2D eigenvalue weighted by atomic mass is 9.97. The van der Waals surface area contributed by atoms with E-state index in [1.165, 1.54) is 19.1 Å². The lowest BCUT2D eigenvalue weighted by Crippen LogP contribution is -2.39. The van der Waals surface area contributed by atoms with Gasteiger partial charge in [-0.1, -0.05) is 6.07 Å². The molecule has 13 heteroatoms. The molecule has 1 amide bonds. The number of halogens is 3. The van der Waals surface area contributed by atoms with Crippen LogP contribution in [0.25, 0.3) is 5.65 Å². The summed E-state index contributed by atoms with van der Waals surface area (Å²) in [5.74, 6) is -2.42. The van der Waals surface area contributed by atoms with Crippen LogP contribution in [-0.4, -0.2) is 50.9 Å². The maximum Gasteiger partial charge on any atom is 0.453 e. The molecule has 1 atom stereocenters. The van der Waals surface area contributed by atoms with Crippen LogP contribution >= 0.6 is 0 Å². The van der Waals surface area contributed by atoms with E-state index in [1.807, 2.05) is 6.07 Å². The first-order valence-corrected chi connectivity index (χ1v) is 10.7. The normalized spacial score (nSPS) is 15.5. The standard InChI is InChI=1S/C22H20F3N7O3/c1-13(19(33)27-16-4-2-3-14(11-16)12-26)35-20(34)15-7-9-31(10-8-15)18-6-5-17-28-29-21(22(23,24)25)32(17)30-18/h2-6,11,13,15H,7-10H2,1H3,(H,27,33)/t13-/m1/s1. The number of rotatable bonds is 5. The maximum absolute atomic E-state index is 13.1. The van der Waals surface area contributed by atoms with E-state index in [1.54, 1.807) is 29.2 Å². The number of amides is 1. The molecule has 3 heterocycles. The zero-order valence-electron chi connectivity index (χ0n) is 18.5. The molecule has 0 spiro atoms. The number of nitrogens with zero attached hydrogens (tertiary/aromatic N) is 6. The van der Waals surface area contributed by atoms with Crippen LogP contribution < -0.4 is 10.2 Å². The molecule has 3 aromatic rings. The molecule has 4 rings (SSSR count). The number of fused-ring (bicyclic) bond motifs is 1. The Morgan fingerprint density at radius 1 is 1.20 bits per heavy atom. The molecular weight excluding hydrogens is 467 g/mol. The third-order valence-electron chi connectivity index (χ3n) is 5.58. The van der Waals surface area contributed by atoms with Crippen molar-refractivity contribution < 1.29 is 27.5 Å². The van der Waals surface area contributed by atoms with Gasteiger partial charge in [-0.3, -0.25) is 9.59 Å². The van der Waals surface area contributed by atoms with Crippen LogP contribution in [0, 0.1) is 17.2 Å². The van der Waals surface area contributed by atoms with E-state index in [2.05, 4.69) is 20.6 Å². The molecule has 1 N–H and O–H groups in total. The zero-order valence-corrected chi connectivity index (χ0v) is 18.5. The molecule has 0 radical (unpaired) electrons. The van der Waals surface area contributed by atoms with Crippen molar-refractivity contribution in [2.24, 2.45) is 5.92 Å². The lowest BCUT2D eigenvalue weighted by molar-refractivity contribution is -0.158. The molecule has 0 saturated carbocycles. The topological polar surface area (TPSA) is 126 Å². The van der Waals surface area contributed by atoms with Gasteiger partial charge in [0.15, 0.2) is 11.8 Å². The number of aromatic nitrogens is 4. The Kier molecular flexibility index (Phi) is 6.54. The van der Waals surface area contributed by atoms with E-state index in [9.17, 15) is 22.8 Å². The molecule has 0 bridgehead atoms. The molecule has 0 unspecified atom stereocenters. The molecule has 2 aromatic heterocycles. The minimum Gasteiger partial charge on any atom is -0.452 e. The second-order valence-electron chi connectivity index (χ2n) is 8.01. The Bertz CT molecular complexity index is 1290. The van der Waals surface area contributed by atoms with Gasteiger partial charge in [-0.2, -0.15) is 22.9 Å². The predicted molar refractivity (Wildman–Crippen MR) is 116 cm³/mol. The number of benzene rings is 1. The van der Waals surface area contributed by atoms with Crippen LogP contribution in [0.2, 0.25) is 0 Å². The van der Waals surface area contributed by atoms with Gasteiger partial charge in [-0.05, 0) is 50.1 Å². The predicted octanol–water partition coefficient (Wildman–Crippen LogP) is 2.80. The number of hydrogen-bond donors (Lipinski definition) is 1. The van der Waals surface area contributed by atoms with Crippen molar-refractivity contribution in [1.82, 2.24) is 19.8 Å². The number of anilines is 2. The quantitative estimate of drug-likeness (QED) is 0.545. The number of hydrogen-bond acceptors (Lipinski definition) is 8. The fourth-order valence-electron chi connectivity index (χ4n) is 3.70. The number of alkyl halides is 3. The highest BCUT2D eigenvalue weighted by Crippen LogP contribution is 2.29. The zero-order chi connectivity index (χ0) is 25.2. The van der Waals surface area contributed by atoms with E-state index in [0.717, 1.165) is 0 Å². The molecule has 1 aromatic carbocycles. The van der Waals surface area contributed by atoms with Crippen LogP contribution in [0.5, 0.6) is 0 Å². The van der Waals surface area contributed by atoms with Crippen molar-refractivity contribution in [3.05, 3.63) is 47.8 Å². The lowest BCUT2D eigenvalue weighted by Gasteiger charge is -2.32. The number of carbonyl (C=O) groups excluding carboxylic acids is 2. The largest absolute Gasteiger partial charge is 0.453 e. The molecule has 10 nitrogen and oxygen atoms in total. The molecule has 1 fully saturated rings. The van der Waals surface area contributed by atoms with Gasteiger partial charge >= 0.3 is 12.1 Å². The van der Waals surface area contributed by atoms with Gasteiger partial charge in [0.05, 0.1) is 17.6 Å². The van der Waals surface area contributed by atoms with Gasteiger partial charge in [-0.25, -0.2) is 0 Å². The van der Waals surface area contributed by atoms with Crippen molar-refractivity contribution in [1.29, 1.82) is 5.26 Å². The van der Waals surface area contributed by atoms with Gasteiger partial charge in [0, 0.05) is 18.8 Å². The van der Waals surface area contributed by atoms with Crippen LogP contribution in [0.1, 0.15) is 31.2 Å². The van der Waals surface area contributed by atoms with Crippen molar-refractivity contribution in [2.45, 2.75) is 32.0 Å². The summed E-state index contributed by atoms with van der Waals surface area (Å²) in [6, 6.07) is 11.3. The third-order valence-corrected chi connectivity index (χ3v) is 5.58. The Balaban J connectivity index is 1.33. The average Bonchev–Trinajstić information content (AvgIpc) is 3.28. The Hall–Kier alpha value is -4.21. The molecule has 35 heavy (non-hydrogen) atoms. The highest BCUT2D eigenvalue weighted by atomic mass is 19.4. The van der Waals surface area contributed by atoms with Crippen LogP contribution in [-0.2, 0) is 20.5 Å². The number of ether oxygens (including phenoxy) is 1. The Labute approximate surface area is 197 Å². The minimum absolute atomic E-state index is 0.0221. The van der Waals surface area contributed by atoms with E-state index in [0.29, 0.717) is 47.5 Å². The fourth-order valence-corrected chi connectivity index (χ4v) is 3.70. The van der Waals surface area contributed by atoms with Gasteiger partial charge in [-0.15, -0.1) is 15.3 Å². The minimum atomic E-state index is -4.69. The molecule has 1 aliphatic heterocycles. The second kappa shape index (κ2) is 9.57. The summed E-state index contributed by atoms with van der Waals surface area (Å²) in [6.07, 6.45) is -4.98. The third kappa shape index (κ3) is 5.32. The SMILES string of the molecule is C[C@@H](OC(=O)C1CCN(c2ccc3nnc(C(F)(F)F)n3n2)CC1)C(=O)Nc1cccc(C#N)c1. The maximum atomic E-state index is 13.1. The molecule has 0 aliphatic carbocycles. The number of nitriles is 1. The smallest absolute Gasteiger partial charge is 0.452 e. The molecule has 1 aliphatic rings. The summed E-state index contributed by atoms with van der Waals surface area (Å²) in [5.41, 5.74) is 0.773. The monoisotopic (exact) mass is 487 g/mol. The average molecular weight is 487 g/mol. The summed E-state index contributed by atoms with van der Waals surface area (Å²) in [7, 11) is 0. The summed E-state index contributed by atoms with van der Waals surface area (Å²) >= 11 is 0. The van der Waals surface area contributed by atoms with Crippen LogP contribution in [0.4, 0.5) is 24.7 Å². The Morgan fingerprint density at radius 2 is 1.94 bits per heavy atom. The second-order valence-corrected chi connectivity index (χ2v) is 8.01. The first kappa shape index (κ1) is 23.9. The highest BCUT2D eigenvalue weighted by Gasteiger charge is 2.38. The van der Waals surface area contributed by atoms with Crippen LogP contribution in [0.15, 0.2) is 36.4 Å². The summed E-state index contributed by atoms with van der Waals surface area (Å²) in [6.45, 7) is 2.18. The van der Waals surface area contributed by atoms with Crippen molar-refractivity contribution in [2.75, 3.05) is 23.3 Å². The number of nitrogens with one attached hydrogen (secondary N) is 1. The van der Waals surface area contributed by atoms with Gasteiger partial charge in [0.1, 0.15) is 5.82 Å². The van der Waals surface area contributed by atoms with Crippen molar-refractivity contribution in [3.8, 4) is 6.07 Å². The summed E-state index contributed by atoms with van der Waals surface area (Å²) in [5, 5.41) is 22.2. The van der Waals surface area contributed by atoms with E-state index in [-0.39, 0.29) is 5.65 Å². The fraction of sp³-hybridized carbons (Fsp3) is 0.364. The molecule has 182 valence electrons. The highest BCUT2D eigenvalue weighted by molar-refractivity contribution is 5.95. The van der Waals surface area contributed by atoms with E-state index >= 15 is 0 Å². The number of carbonyl (C=O) groups is 2. The molecule has 1 saturated heterocycles. The number of esters is 1. The van der Waals surface area contributed by atoms with E-state index in [4.69, 9.17) is 10.00 Å². The van der Waals surface area contributed by atoms with Gasteiger partial charge in [0.2, 0.25) is 0 Å². The van der Waals surface area contributed by atoms with E-state index < -0.39 is 35.9 Å². The van der Waals surface area contributed by atoms with Crippen molar-refractivity contribution in [3.63, 3.8) is 0 Å². The van der Waals surface area contributed by atoms with Gasteiger partial charge in [0.25, 0.3) is 11.7 Å². The van der Waals surface area contributed by atoms with Crippen molar-refractivity contribution >= 4 is 29.0 Å². The first-order chi connectivity index (χ1) is 16.7. The first-order valence-electron chi connectivity index (χ1n) is 10.7. The van der Waals surface area contributed by atoms with Crippen LogP contribution in [0.3, 0.4) is 0 Å². The summed E-state index contributed by atoms with van der Waals surface area (Å²) in [4.78, 5) is 26.7. The molecular formula is C22H20F3N7O3. The Morgan fingerprint density at radius 3 is 2.63 bits per heavy atom. The summed E-state index contributed by atoms with van der Waals surface area (Å²) < 4.78 is 45.3. The van der Waals surface area contributed by atoms with Gasteiger partial charge < -0.3 is 15.0 Å². The number of piperidine rings is 1.